The SMILES string of the molecule is O=C(O)C=Cc1ccc(S(=O)(=O)Nc2ccsc2)cc1. The first kappa shape index (κ1) is 14.3. The summed E-state index contributed by atoms with van der Waals surface area (Å²) in [6, 6.07) is 7.61. The van der Waals surface area contributed by atoms with E-state index in [0.29, 0.717) is 11.3 Å². The number of carbonyl (C=O) groups is 1. The summed E-state index contributed by atoms with van der Waals surface area (Å²) in [5, 5.41) is 12.0. The smallest absolute Gasteiger partial charge is 0.328 e. The Kier molecular flexibility index (Phi) is 4.21. The largest absolute Gasteiger partial charge is 0.478 e. The molecule has 5 nitrogen and oxygen atoms in total. The normalized spacial score (nSPS) is 11.6. The van der Waals surface area contributed by atoms with Gasteiger partial charge in [-0.3, -0.25) is 4.72 Å². The van der Waals surface area contributed by atoms with E-state index in [4.69, 9.17) is 5.11 Å². The highest BCUT2D eigenvalue weighted by Gasteiger charge is 2.13. The third-order valence-corrected chi connectivity index (χ3v) is 4.46. The molecule has 0 aliphatic heterocycles. The van der Waals surface area contributed by atoms with Gasteiger partial charge in [0.25, 0.3) is 10.0 Å². The molecule has 2 N–H and O–H groups in total. The predicted octanol–water partition coefficient (Wildman–Crippen LogP) is 2.65. The molecule has 104 valence electrons. The van der Waals surface area contributed by atoms with Crippen molar-refractivity contribution in [2.45, 2.75) is 4.90 Å². The predicted molar refractivity (Wildman–Crippen MR) is 78.2 cm³/mol. The summed E-state index contributed by atoms with van der Waals surface area (Å²) in [5.74, 6) is -1.05. The molecule has 7 heteroatoms. The second-order valence-corrected chi connectivity index (χ2v) is 6.32. The third-order valence-electron chi connectivity index (χ3n) is 2.38. The molecule has 0 aliphatic rings. The highest BCUT2D eigenvalue weighted by Crippen LogP contribution is 2.19. The van der Waals surface area contributed by atoms with Crippen LogP contribution in [0.15, 0.2) is 52.1 Å². The zero-order chi connectivity index (χ0) is 14.6. The Bertz CT molecular complexity index is 716. The monoisotopic (exact) mass is 309 g/mol. The van der Waals surface area contributed by atoms with Gasteiger partial charge < -0.3 is 5.11 Å². The minimum absolute atomic E-state index is 0.121. The van der Waals surface area contributed by atoms with Gasteiger partial charge in [0.2, 0.25) is 0 Å². The second kappa shape index (κ2) is 5.89. The molecule has 0 aliphatic carbocycles. The van der Waals surface area contributed by atoms with Crippen LogP contribution in [-0.4, -0.2) is 19.5 Å². The fraction of sp³-hybridized carbons (Fsp3) is 0. The van der Waals surface area contributed by atoms with Crippen LogP contribution in [0.25, 0.3) is 6.08 Å². The molecule has 0 unspecified atom stereocenters. The molecule has 0 bridgehead atoms. The number of carboxylic acid groups (broad SMARTS) is 1. The third kappa shape index (κ3) is 3.69. The van der Waals surface area contributed by atoms with Crippen molar-refractivity contribution in [3.63, 3.8) is 0 Å². The summed E-state index contributed by atoms with van der Waals surface area (Å²) in [6.45, 7) is 0. The van der Waals surface area contributed by atoms with E-state index in [9.17, 15) is 13.2 Å². The molecule has 1 aromatic carbocycles. The average Bonchev–Trinajstić information content (AvgIpc) is 2.89. The van der Waals surface area contributed by atoms with Crippen molar-refractivity contribution in [1.29, 1.82) is 0 Å². The van der Waals surface area contributed by atoms with Crippen molar-refractivity contribution in [1.82, 2.24) is 0 Å². The molecule has 0 radical (unpaired) electrons. The van der Waals surface area contributed by atoms with Gasteiger partial charge in [0, 0.05) is 11.5 Å². The van der Waals surface area contributed by atoms with Crippen LogP contribution in [0.5, 0.6) is 0 Å². The van der Waals surface area contributed by atoms with Gasteiger partial charge in [-0.2, -0.15) is 11.3 Å². The number of aliphatic carboxylic acids is 1. The van der Waals surface area contributed by atoms with Gasteiger partial charge in [0.15, 0.2) is 0 Å². The van der Waals surface area contributed by atoms with Crippen molar-refractivity contribution < 1.29 is 18.3 Å². The molecule has 1 aromatic heterocycles. The summed E-state index contributed by atoms with van der Waals surface area (Å²) in [7, 11) is -3.62. The summed E-state index contributed by atoms with van der Waals surface area (Å²) in [4.78, 5) is 10.5. The quantitative estimate of drug-likeness (QED) is 0.832. The number of sulfonamides is 1. The van der Waals surface area contributed by atoms with Crippen molar-refractivity contribution in [3.8, 4) is 0 Å². The molecule has 0 saturated heterocycles. The van der Waals surface area contributed by atoms with E-state index < -0.39 is 16.0 Å². The van der Waals surface area contributed by atoms with E-state index >= 15 is 0 Å². The van der Waals surface area contributed by atoms with Gasteiger partial charge in [-0.05, 0) is 35.2 Å². The van der Waals surface area contributed by atoms with Gasteiger partial charge >= 0.3 is 5.97 Å². The van der Waals surface area contributed by atoms with E-state index in [1.807, 2.05) is 0 Å². The summed E-state index contributed by atoms with van der Waals surface area (Å²) in [6.07, 6.45) is 2.39. The molecule has 2 rings (SSSR count). The first-order chi connectivity index (χ1) is 9.47. The van der Waals surface area contributed by atoms with Crippen molar-refractivity contribution in [2.24, 2.45) is 0 Å². The molecule has 1 heterocycles. The van der Waals surface area contributed by atoms with Gasteiger partial charge in [-0.25, -0.2) is 13.2 Å². The van der Waals surface area contributed by atoms with E-state index in [0.717, 1.165) is 6.08 Å². The number of hydrogen-bond acceptors (Lipinski definition) is 4. The highest BCUT2D eigenvalue weighted by molar-refractivity contribution is 7.92. The lowest BCUT2D eigenvalue weighted by molar-refractivity contribution is -0.131. The molecule has 0 saturated carbocycles. The van der Waals surface area contributed by atoms with E-state index in [-0.39, 0.29) is 4.90 Å². The summed E-state index contributed by atoms with van der Waals surface area (Å²) >= 11 is 1.40. The van der Waals surface area contributed by atoms with Crippen molar-refractivity contribution in [2.75, 3.05) is 4.72 Å². The molecular formula is C13H11NO4S2. The first-order valence-electron chi connectivity index (χ1n) is 5.53. The van der Waals surface area contributed by atoms with Crippen LogP contribution < -0.4 is 4.72 Å². The van der Waals surface area contributed by atoms with Crippen LogP contribution in [0, 0.1) is 0 Å². The standard InChI is InChI=1S/C13H11NO4S2/c15-13(16)6-3-10-1-4-12(5-2-10)20(17,18)14-11-7-8-19-9-11/h1-9,14H,(H,15,16). The number of thiophene rings is 1. The zero-order valence-electron chi connectivity index (χ0n) is 10.2. The van der Waals surface area contributed by atoms with Crippen LogP contribution in [0.4, 0.5) is 5.69 Å². The molecule has 0 amide bonds. The van der Waals surface area contributed by atoms with E-state index in [2.05, 4.69) is 4.72 Å². The molecule has 20 heavy (non-hydrogen) atoms. The lowest BCUT2D eigenvalue weighted by Crippen LogP contribution is -2.12. The minimum Gasteiger partial charge on any atom is -0.478 e. The van der Waals surface area contributed by atoms with Gasteiger partial charge in [0.05, 0.1) is 10.6 Å². The molecule has 0 atom stereocenters. The van der Waals surface area contributed by atoms with Crippen LogP contribution >= 0.6 is 11.3 Å². The lowest BCUT2D eigenvalue weighted by atomic mass is 10.2. The maximum Gasteiger partial charge on any atom is 0.328 e. The fourth-order valence-corrected chi connectivity index (χ4v) is 3.17. The Hall–Kier alpha value is -2.12. The van der Waals surface area contributed by atoms with Crippen molar-refractivity contribution >= 4 is 39.1 Å². The van der Waals surface area contributed by atoms with Crippen molar-refractivity contribution in [3.05, 3.63) is 52.7 Å². The van der Waals surface area contributed by atoms with Gasteiger partial charge in [-0.1, -0.05) is 12.1 Å². The minimum atomic E-state index is -3.62. The number of anilines is 1. The lowest BCUT2D eigenvalue weighted by Gasteiger charge is -2.06. The fourth-order valence-electron chi connectivity index (χ4n) is 1.46. The van der Waals surface area contributed by atoms with Gasteiger partial charge in [0.1, 0.15) is 0 Å². The van der Waals surface area contributed by atoms with Crippen LogP contribution in [-0.2, 0) is 14.8 Å². The molecule has 0 fully saturated rings. The van der Waals surface area contributed by atoms with Gasteiger partial charge in [-0.15, -0.1) is 0 Å². The first-order valence-corrected chi connectivity index (χ1v) is 7.96. The molecular weight excluding hydrogens is 298 g/mol. The maximum absolute atomic E-state index is 12.1. The maximum atomic E-state index is 12.1. The number of nitrogens with one attached hydrogen (secondary N) is 1. The Labute approximate surface area is 120 Å². The van der Waals surface area contributed by atoms with Crippen LogP contribution in [0.3, 0.4) is 0 Å². The summed E-state index contributed by atoms with van der Waals surface area (Å²) < 4.78 is 26.6. The number of hydrogen-bond donors (Lipinski definition) is 2. The number of carboxylic acids is 1. The van der Waals surface area contributed by atoms with E-state index in [1.54, 1.807) is 29.0 Å². The topological polar surface area (TPSA) is 83.5 Å². The Morgan fingerprint density at radius 3 is 2.45 bits per heavy atom. The van der Waals surface area contributed by atoms with Crippen LogP contribution in [0.2, 0.25) is 0 Å². The number of rotatable bonds is 5. The molecule has 2 aromatic rings. The van der Waals surface area contributed by atoms with Crippen LogP contribution in [0.1, 0.15) is 5.56 Å². The van der Waals surface area contributed by atoms with E-state index in [1.165, 1.54) is 29.5 Å². The summed E-state index contributed by atoms with van der Waals surface area (Å²) in [5.41, 5.74) is 1.13. The number of benzene rings is 1. The molecule has 0 spiro atoms. The Morgan fingerprint density at radius 2 is 1.90 bits per heavy atom. The Morgan fingerprint density at radius 1 is 1.20 bits per heavy atom. The average molecular weight is 309 g/mol. The Balaban J connectivity index is 2.19. The second-order valence-electron chi connectivity index (χ2n) is 3.86. The zero-order valence-corrected chi connectivity index (χ0v) is 11.8. The highest BCUT2D eigenvalue weighted by atomic mass is 32.2.